The molecule has 0 aliphatic carbocycles. The van der Waals surface area contributed by atoms with Crippen LogP contribution in [-0.2, 0) is 14.6 Å². The fourth-order valence-electron chi connectivity index (χ4n) is 1.24. The molecular weight excluding hydrogens is 226 g/mol. The summed E-state index contributed by atoms with van der Waals surface area (Å²) in [6, 6.07) is 0.104. The molecule has 0 saturated carbocycles. The van der Waals surface area contributed by atoms with Crippen LogP contribution in [-0.4, -0.2) is 31.2 Å². The van der Waals surface area contributed by atoms with Gasteiger partial charge >= 0.3 is 0 Å². The summed E-state index contributed by atoms with van der Waals surface area (Å²) in [6.07, 6.45) is 2.13. The van der Waals surface area contributed by atoms with Crippen molar-refractivity contribution >= 4 is 15.6 Å². The minimum Gasteiger partial charge on any atom is -0.328 e. The normalized spacial score (nSPS) is 14.1. The number of hydrogen-bond acceptors (Lipinski definition) is 4. The summed E-state index contributed by atoms with van der Waals surface area (Å²) in [5.74, 6) is -0.00771. The molecule has 0 aromatic rings. The van der Waals surface area contributed by atoms with Gasteiger partial charge in [0.15, 0.2) is 9.84 Å². The first-order valence-electron chi connectivity index (χ1n) is 5.74. The van der Waals surface area contributed by atoms with E-state index >= 15 is 0 Å². The highest BCUT2D eigenvalue weighted by Crippen LogP contribution is 2.06. The third-order valence-electron chi connectivity index (χ3n) is 2.50. The second kappa shape index (κ2) is 7.01. The minimum atomic E-state index is -3.08. The molecule has 5 heteroatoms. The van der Waals surface area contributed by atoms with Gasteiger partial charge in [0, 0.05) is 18.9 Å². The first-order valence-corrected chi connectivity index (χ1v) is 7.46. The number of Topliss-reactive ketones (excluding diaryl/α,β-unsaturated/α-hetero) is 1. The molecule has 4 nitrogen and oxygen atoms in total. The summed E-state index contributed by atoms with van der Waals surface area (Å²) >= 11 is 0. The maximum Gasteiger partial charge on any atom is 0.153 e. The molecule has 0 amide bonds. The topological polar surface area (TPSA) is 77.2 Å². The second-order valence-corrected chi connectivity index (χ2v) is 7.25. The molecule has 0 aliphatic heterocycles. The highest BCUT2D eigenvalue weighted by atomic mass is 32.2. The van der Waals surface area contributed by atoms with E-state index in [9.17, 15) is 13.2 Å². The van der Waals surface area contributed by atoms with Crippen molar-refractivity contribution in [1.82, 2.24) is 0 Å². The van der Waals surface area contributed by atoms with Gasteiger partial charge in [0.05, 0.1) is 11.0 Å². The Hall–Kier alpha value is -0.420. The predicted molar refractivity (Wildman–Crippen MR) is 66.0 cm³/mol. The monoisotopic (exact) mass is 249 g/mol. The Morgan fingerprint density at radius 1 is 1.19 bits per heavy atom. The number of rotatable bonds is 8. The van der Waals surface area contributed by atoms with Crippen molar-refractivity contribution in [2.45, 2.75) is 57.7 Å². The molecule has 0 aromatic heterocycles. The molecule has 1 unspecified atom stereocenters. The molecular formula is C11H23NO3S. The zero-order valence-electron chi connectivity index (χ0n) is 10.4. The fraction of sp³-hybridized carbons (Fsp3) is 0.909. The Morgan fingerprint density at radius 3 is 2.19 bits per heavy atom. The average molecular weight is 249 g/mol. The SMILES string of the molecule is CC(N)CCCC(=O)CCS(=O)(=O)C(C)C. The van der Waals surface area contributed by atoms with Crippen LogP contribution in [0, 0.1) is 0 Å². The van der Waals surface area contributed by atoms with Gasteiger partial charge in [-0.05, 0) is 33.6 Å². The van der Waals surface area contributed by atoms with Gasteiger partial charge < -0.3 is 5.73 Å². The highest BCUT2D eigenvalue weighted by Gasteiger charge is 2.17. The number of nitrogens with two attached hydrogens (primary N) is 1. The van der Waals surface area contributed by atoms with Crippen molar-refractivity contribution < 1.29 is 13.2 Å². The predicted octanol–water partition coefficient (Wildman–Crippen LogP) is 1.29. The molecule has 0 aromatic carbocycles. The van der Waals surface area contributed by atoms with Crippen LogP contribution in [0.15, 0.2) is 0 Å². The lowest BCUT2D eigenvalue weighted by molar-refractivity contribution is -0.118. The van der Waals surface area contributed by atoms with Crippen LogP contribution in [0.25, 0.3) is 0 Å². The fourth-order valence-corrected chi connectivity index (χ4v) is 2.22. The lowest BCUT2D eigenvalue weighted by Gasteiger charge is -2.07. The van der Waals surface area contributed by atoms with Gasteiger partial charge in [-0.1, -0.05) is 0 Å². The largest absolute Gasteiger partial charge is 0.328 e. The lowest BCUT2D eigenvalue weighted by Crippen LogP contribution is -2.20. The molecule has 0 saturated heterocycles. The van der Waals surface area contributed by atoms with Crippen LogP contribution in [0.1, 0.15) is 46.5 Å². The first kappa shape index (κ1) is 15.6. The van der Waals surface area contributed by atoms with Crippen LogP contribution >= 0.6 is 0 Å². The quantitative estimate of drug-likeness (QED) is 0.703. The highest BCUT2D eigenvalue weighted by molar-refractivity contribution is 7.91. The van der Waals surface area contributed by atoms with Gasteiger partial charge in [0.1, 0.15) is 5.78 Å². The molecule has 2 N–H and O–H groups in total. The summed E-state index contributed by atoms with van der Waals surface area (Å²) in [6.45, 7) is 5.17. The summed E-state index contributed by atoms with van der Waals surface area (Å²) in [5.41, 5.74) is 5.55. The van der Waals surface area contributed by atoms with E-state index < -0.39 is 15.1 Å². The van der Waals surface area contributed by atoms with Gasteiger partial charge in [0.2, 0.25) is 0 Å². The van der Waals surface area contributed by atoms with Crippen molar-refractivity contribution in [3.05, 3.63) is 0 Å². The van der Waals surface area contributed by atoms with Crippen LogP contribution in [0.2, 0.25) is 0 Å². The standard InChI is InChI=1S/C11H23NO3S/c1-9(2)16(14,15)8-7-11(13)6-4-5-10(3)12/h9-10H,4-8,12H2,1-3H3. The summed E-state index contributed by atoms with van der Waals surface area (Å²) < 4.78 is 22.9. The van der Waals surface area contributed by atoms with E-state index in [0.29, 0.717) is 6.42 Å². The molecule has 0 fully saturated rings. The van der Waals surface area contributed by atoms with Crippen molar-refractivity contribution in [3.8, 4) is 0 Å². The zero-order chi connectivity index (χ0) is 12.8. The average Bonchev–Trinajstić information content (AvgIpc) is 2.14. The molecule has 0 aliphatic rings. The number of carbonyl (C=O) groups excluding carboxylic acids is 1. The number of carbonyl (C=O) groups is 1. The van der Waals surface area contributed by atoms with E-state index in [0.717, 1.165) is 12.8 Å². The molecule has 1 atom stereocenters. The molecule has 0 rings (SSSR count). The van der Waals surface area contributed by atoms with E-state index in [1.165, 1.54) is 0 Å². The third kappa shape index (κ3) is 6.95. The van der Waals surface area contributed by atoms with Gasteiger partial charge in [-0.15, -0.1) is 0 Å². The number of ketones is 1. The Kier molecular flexibility index (Phi) is 6.83. The summed E-state index contributed by atoms with van der Waals surface area (Å²) in [4.78, 5) is 11.4. The van der Waals surface area contributed by atoms with Crippen LogP contribution in [0.5, 0.6) is 0 Å². The van der Waals surface area contributed by atoms with E-state index in [-0.39, 0.29) is 24.0 Å². The van der Waals surface area contributed by atoms with Gasteiger partial charge in [-0.25, -0.2) is 8.42 Å². The Balaban J connectivity index is 3.83. The maximum atomic E-state index is 11.4. The molecule has 0 radical (unpaired) electrons. The van der Waals surface area contributed by atoms with Crippen LogP contribution in [0.3, 0.4) is 0 Å². The van der Waals surface area contributed by atoms with Crippen molar-refractivity contribution in [2.24, 2.45) is 5.73 Å². The third-order valence-corrected chi connectivity index (χ3v) is 4.71. The number of sulfone groups is 1. The van der Waals surface area contributed by atoms with Gasteiger partial charge in [-0.2, -0.15) is 0 Å². The van der Waals surface area contributed by atoms with Crippen LogP contribution < -0.4 is 5.73 Å². The molecule has 0 spiro atoms. The van der Waals surface area contributed by atoms with Gasteiger partial charge in [-0.3, -0.25) is 4.79 Å². The molecule has 0 heterocycles. The van der Waals surface area contributed by atoms with E-state index in [4.69, 9.17) is 5.73 Å². The molecule has 0 bridgehead atoms. The van der Waals surface area contributed by atoms with E-state index in [2.05, 4.69) is 0 Å². The molecule has 16 heavy (non-hydrogen) atoms. The van der Waals surface area contributed by atoms with Crippen molar-refractivity contribution in [2.75, 3.05) is 5.75 Å². The Labute approximate surface area is 98.5 Å². The minimum absolute atomic E-state index is 0.0184. The summed E-state index contributed by atoms with van der Waals surface area (Å²) in [7, 11) is -3.08. The second-order valence-electron chi connectivity index (χ2n) is 4.57. The van der Waals surface area contributed by atoms with Crippen molar-refractivity contribution in [3.63, 3.8) is 0 Å². The van der Waals surface area contributed by atoms with E-state index in [1.807, 2.05) is 6.92 Å². The maximum absolute atomic E-state index is 11.4. The lowest BCUT2D eigenvalue weighted by atomic mass is 10.1. The Morgan fingerprint density at radius 2 is 1.75 bits per heavy atom. The van der Waals surface area contributed by atoms with Crippen LogP contribution in [0.4, 0.5) is 0 Å². The van der Waals surface area contributed by atoms with E-state index in [1.54, 1.807) is 13.8 Å². The van der Waals surface area contributed by atoms with Gasteiger partial charge in [0.25, 0.3) is 0 Å². The summed E-state index contributed by atoms with van der Waals surface area (Å²) in [5, 5.41) is -0.399. The van der Waals surface area contributed by atoms with Crippen molar-refractivity contribution in [1.29, 1.82) is 0 Å². The Bertz CT molecular complexity index is 307. The molecule has 96 valence electrons. The first-order chi connectivity index (χ1) is 7.25. The number of hydrogen-bond donors (Lipinski definition) is 1. The smallest absolute Gasteiger partial charge is 0.153 e. The zero-order valence-corrected chi connectivity index (χ0v) is 11.2.